The summed E-state index contributed by atoms with van der Waals surface area (Å²) in [6, 6.07) is 11.5. The van der Waals surface area contributed by atoms with Gasteiger partial charge in [-0.05, 0) is 51.1 Å². The number of aryl methyl sites for hydroxylation is 2. The van der Waals surface area contributed by atoms with E-state index in [2.05, 4.69) is 25.2 Å². The quantitative estimate of drug-likeness (QED) is 0.518. The zero-order chi connectivity index (χ0) is 20.6. The Morgan fingerprint density at radius 2 is 1.93 bits per heavy atom. The Kier molecular flexibility index (Phi) is 4.89. The summed E-state index contributed by atoms with van der Waals surface area (Å²) >= 11 is 0. The molecule has 0 aliphatic carbocycles. The molecule has 4 rings (SSSR count). The minimum atomic E-state index is -3.71. The molecule has 0 saturated carbocycles. The second kappa shape index (κ2) is 7.37. The number of nitrogens with zero attached hydrogens (tertiary/aromatic N) is 5. The van der Waals surface area contributed by atoms with Crippen molar-refractivity contribution in [3.05, 3.63) is 53.9 Å². The van der Waals surface area contributed by atoms with Crippen LogP contribution >= 0.6 is 0 Å². The lowest BCUT2D eigenvalue weighted by Gasteiger charge is -2.10. The summed E-state index contributed by atoms with van der Waals surface area (Å²) in [5, 5.41) is 12.2. The molecule has 0 bridgehead atoms. The molecule has 1 N–H and O–H groups in total. The van der Waals surface area contributed by atoms with Gasteiger partial charge in [0.1, 0.15) is 5.52 Å². The third-order valence-corrected chi connectivity index (χ3v) is 6.10. The van der Waals surface area contributed by atoms with Crippen molar-refractivity contribution < 1.29 is 12.9 Å². The Bertz CT molecular complexity index is 1260. The molecular formula is C19H20N6O3S. The van der Waals surface area contributed by atoms with Gasteiger partial charge in [-0.25, -0.2) is 13.1 Å². The number of hydrogen-bond donors (Lipinski definition) is 1. The fourth-order valence-corrected chi connectivity index (χ4v) is 4.14. The van der Waals surface area contributed by atoms with Crippen LogP contribution in [-0.2, 0) is 16.6 Å². The highest BCUT2D eigenvalue weighted by molar-refractivity contribution is 7.89. The monoisotopic (exact) mass is 412 g/mol. The highest BCUT2D eigenvalue weighted by Crippen LogP contribution is 2.23. The molecule has 0 fully saturated rings. The number of fused-ring (bicyclic) bond motifs is 1. The van der Waals surface area contributed by atoms with Crippen LogP contribution in [0.1, 0.15) is 31.3 Å². The summed E-state index contributed by atoms with van der Waals surface area (Å²) < 4.78 is 34.8. The zero-order valence-corrected chi connectivity index (χ0v) is 17.0. The number of rotatable bonds is 6. The Balaban J connectivity index is 1.56. The van der Waals surface area contributed by atoms with Gasteiger partial charge < -0.3 is 4.52 Å². The van der Waals surface area contributed by atoms with E-state index >= 15 is 0 Å². The molecule has 0 spiro atoms. The minimum absolute atomic E-state index is 0.174. The van der Waals surface area contributed by atoms with Crippen molar-refractivity contribution in [1.29, 1.82) is 0 Å². The highest BCUT2D eigenvalue weighted by atomic mass is 32.2. The van der Waals surface area contributed by atoms with Crippen LogP contribution in [0.4, 0.5) is 0 Å². The largest absolute Gasteiger partial charge is 0.337 e. The van der Waals surface area contributed by atoms with E-state index in [4.69, 9.17) is 4.52 Å². The summed E-state index contributed by atoms with van der Waals surface area (Å²) in [5.41, 5.74) is 3.33. The smallest absolute Gasteiger partial charge is 0.244 e. The van der Waals surface area contributed by atoms with Gasteiger partial charge in [-0.2, -0.15) is 9.71 Å². The number of sulfonamides is 1. The third kappa shape index (κ3) is 3.76. The standard InChI is InChI=1S/C19H20N6O3S/c1-4-25-17-10-7-14(11-16(17)21-24-25)18-20-19(28-22-18)13(3)23-29(26,27)15-8-5-12(2)6-9-15/h5-11,13,23H,4H2,1-3H3/t13-/m0/s1. The Hall–Kier alpha value is -3.11. The van der Waals surface area contributed by atoms with E-state index in [1.54, 1.807) is 35.9 Å². The number of benzene rings is 2. The van der Waals surface area contributed by atoms with E-state index in [0.29, 0.717) is 11.4 Å². The van der Waals surface area contributed by atoms with Crippen molar-refractivity contribution in [2.24, 2.45) is 0 Å². The first-order valence-electron chi connectivity index (χ1n) is 9.13. The molecule has 4 aromatic rings. The number of nitrogens with one attached hydrogen (secondary N) is 1. The molecular weight excluding hydrogens is 392 g/mol. The summed E-state index contributed by atoms with van der Waals surface area (Å²) in [5.74, 6) is 0.530. The van der Waals surface area contributed by atoms with Gasteiger partial charge in [-0.3, -0.25) is 0 Å². The second-order valence-corrected chi connectivity index (χ2v) is 8.43. The van der Waals surface area contributed by atoms with E-state index in [1.807, 2.05) is 32.0 Å². The van der Waals surface area contributed by atoms with E-state index < -0.39 is 16.1 Å². The first-order valence-corrected chi connectivity index (χ1v) is 10.6. The highest BCUT2D eigenvalue weighted by Gasteiger charge is 2.23. The van der Waals surface area contributed by atoms with Crippen LogP contribution in [0, 0.1) is 6.92 Å². The van der Waals surface area contributed by atoms with Gasteiger partial charge in [0.05, 0.1) is 16.5 Å². The Labute approximate surface area is 167 Å². The summed E-state index contributed by atoms with van der Waals surface area (Å²) in [4.78, 5) is 4.53. The zero-order valence-electron chi connectivity index (χ0n) is 16.2. The summed E-state index contributed by atoms with van der Waals surface area (Å²) in [6.45, 7) is 6.26. The van der Waals surface area contributed by atoms with Crippen molar-refractivity contribution >= 4 is 21.1 Å². The molecule has 2 aromatic carbocycles. The molecule has 10 heteroatoms. The number of hydrogen-bond acceptors (Lipinski definition) is 7. The van der Waals surface area contributed by atoms with Gasteiger partial charge in [0, 0.05) is 12.1 Å². The first kappa shape index (κ1) is 19.2. The number of aromatic nitrogens is 5. The van der Waals surface area contributed by atoms with Gasteiger partial charge in [-0.1, -0.05) is 28.1 Å². The molecule has 0 unspecified atom stereocenters. The molecule has 2 heterocycles. The second-order valence-electron chi connectivity index (χ2n) is 6.72. The lowest BCUT2D eigenvalue weighted by atomic mass is 10.2. The van der Waals surface area contributed by atoms with Crippen LogP contribution in [0.15, 0.2) is 51.9 Å². The molecule has 0 aliphatic heterocycles. The molecule has 150 valence electrons. The van der Waals surface area contributed by atoms with Crippen molar-refractivity contribution in [1.82, 2.24) is 29.9 Å². The molecule has 9 nitrogen and oxygen atoms in total. The average molecular weight is 412 g/mol. The predicted molar refractivity (Wildman–Crippen MR) is 106 cm³/mol. The van der Waals surface area contributed by atoms with Gasteiger partial charge in [0.25, 0.3) is 0 Å². The fraction of sp³-hybridized carbons (Fsp3) is 0.263. The SMILES string of the molecule is CCn1nnc2cc(-c3noc([C@H](C)NS(=O)(=O)c4ccc(C)cc4)n3)ccc21. The van der Waals surface area contributed by atoms with Crippen LogP contribution in [0.2, 0.25) is 0 Å². The van der Waals surface area contributed by atoms with Crippen LogP contribution in [0.5, 0.6) is 0 Å². The van der Waals surface area contributed by atoms with E-state index in [0.717, 1.165) is 23.1 Å². The normalized spacial score (nSPS) is 13.1. The lowest BCUT2D eigenvalue weighted by molar-refractivity contribution is 0.354. The molecule has 29 heavy (non-hydrogen) atoms. The Morgan fingerprint density at radius 3 is 2.66 bits per heavy atom. The van der Waals surface area contributed by atoms with Crippen molar-refractivity contribution in [3.63, 3.8) is 0 Å². The van der Waals surface area contributed by atoms with Gasteiger partial charge in [0.2, 0.25) is 21.7 Å². The molecule has 1 atom stereocenters. The average Bonchev–Trinajstić information content (AvgIpc) is 3.34. The van der Waals surface area contributed by atoms with Crippen molar-refractivity contribution in [2.45, 2.75) is 38.3 Å². The van der Waals surface area contributed by atoms with Crippen LogP contribution in [0.25, 0.3) is 22.4 Å². The van der Waals surface area contributed by atoms with Crippen molar-refractivity contribution in [3.8, 4) is 11.4 Å². The van der Waals surface area contributed by atoms with Crippen molar-refractivity contribution in [2.75, 3.05) is 0 Å². The molecule has 0 aliphatic rings. The summed E-state index contributed by atoms with van der Waals surface area (Å²) in [6.07, 6.45) is 0. The van der Waals surface area contributed by atoms with E-state index in [1.165, 1.54) is 0 Å². The van der Waals surface area contributed by atoms with Crippen LogP contribution in [0.3, 0.4) is 0 Å². The van der Waals surface area contributed by atoms with Gasteiger partial charge in [0.15, 0.2) is 0 Å². The lowest BCUT2D eigenvalue weighted by Crippen LogP contribution is -2.27. The first-order chi connectivity index (χ1) is 13.9. The van der Waals surface area contributed by atoms with E-state index in [9.17, 15) is 8.42 Å². The maximum atomic E-state index is 12.6. The predicted octanol–water partition coefficient (Wildman–Crippen LogP) is 2.85. The summed E-state index contributed by atoms with van der Waals surface area (Å²) in [7, 11) is -3.71. The van der Waals surface area contributed by atoms with Gasteiger partial charge in [-0.15, -0.1) is 5.10 Å². The molecule has 0 amide bonds. The molecule has 0 saturated heterocycles. The Morgan fingerprint density at radius 1 is 1.17 bits per heavy atom. The maximum absolute atomic E-state index is 12.6. The minimum Gasteiger partial charge on any atom is -0.337 e. The van der Waals surface area contributed by atoms with Gasteiger partial charge >= 0.3 is 0 Å². The molecule has 2 aromatic heterocycles. The topological polar surface area (TPSA) is 116 Å². The fourth-order valence-electron chi connectivity index (χ4n) is 2.94. The maximum Gasteiger partial charge on any atom is 0.244 e. The van der Waals surface area contributed by atoms with Crippen LogP contribution in [-0.4, -0.2) is 33.6 Å². The molecule has 0 radical (unpaired) electrons. The third-order valence-electron chi connectivity index (χ3n) is 4.55. The van der Waals surface area contributed by atoms with E-state index in [-0.39, 0.29) is 10.8 Å². The van der Waals surface area contributed by atoms with Crippen LogP contribution < -0.4 is 4.72 Å².